The lowest BCUT2D eigenvalue weighted by Crippen LogP contribution is -2.31. The summed E-state index contributed by atoms with van der Waals surface area (Å²) in [7, 11) is 0. The van der Waals surface area contributed by atoms with Crippen molar-refractivity contribution >= 4 is 5.90 Å². The van der Waals surface area contributed by atoms with Gasteiger partial charge in [-0.3, -0.25) is 0 Å². The first-order chi connectivity index (χ1) is 5.81. The van der Waals surface area contributed by atoms with Crippen molar-refractivity contribution in [3.63, 3.8) is 0 Å². The lowest BCUT2D eigenvalue weighted by atomic mass is 9.78. The van der Waals surface area contributed by atoms with Crippen LogP contribution in [0.4, 0.5) is 0 Å². The topological polar surface area (TPSA) is 21.6 Å². The minimum absolute atomic E-state index is 0.0218. The van der Waals surface area contributed by atoms with Crippen LogP contribution in [-0.2, 0) is 4.74 Å². The molecule has 0 fully saturated rings. The van der Waals surface area contributed by atoms with Gasteiger partial charge >= 0.3 is 0 Å². The van der Waals surface area contributed by atoms with Crippen molar-refractivity contribution in [2.75, 3.05) is 6.61 Å². The van der Waals surface area contributed by atoms with Gasteiger partial charge in [-0.1, -0.05) is 13.8 Å². The van der Waals surface area contributed by atoms with Gasteiger partial charge in [-0.05, 0) is 32.1 Å². The molecule has 0 radical (unpaired) electrons. The fraction of sp³-hybridized carbons (Fsp3) is 0.909. The quantitative estimate of drug-likeness (QED) is 0.565. The summed E-state index contributed by atoms with van der Waals surface area (Å²) in [6.07, 6.45) is 2.24. The van der Waals surface area contributed by atoms with E-state index in [2.05, 4.69) is 32.7 Å². The van der Waals surface area contributed by atoms with Gasteiger partial charge in [0.15, 0.2) is 5.90 Å². The van der Waals surface area contributed by atoms with E-state index in [9.17, 15) is 0 Å². The lowest BCUT2D eigenvalue weighted by Gasteiger charge is -2.34. The average Bonchev–Trinajstić information content (AvgIpc) is 1.78. The Morgan fingerprint density at radius 3 is 2.46 bits per heavy atom. The predicted molar refractivity (Wildman–Crippen MR) is 56.2 cm³/mol. The standard InChI is InChI=1S/C11H21NO/c1-9-12-11(4,5)8-10(2,3)6-7-13-9/h6-8H2,1-5H3. The van der Waals surface area contributed by atoms with Crippen LogP contribution >= 0.6 is 0 Å². The number of nitrogens with zero attached hydrogens (tertiary/aromatic N) is 1. The second-order valence-corrected chi connectivity index (χ2v) is 5.38. The van der Waals surface area contributed by atoms with Crippen LogP contribution in [-0.4, -0.2) is 18.0 Å². The van der Waals surface area contributed by atoms with Gasteiger partial charge in [0.1, 0.15) is 0 Å². The highest BCUT2D eigenvalue weighted by molar-refractivity contribution is 5.73. The fourth-order valence-corrected chi connectivity index (χ4v) is 2.23. The second kappa shape index (κ2) is 3.32. The Bertz CT molecular complexity index is 216. The van der Waals surface area contributed by atoms with Crippen molar-refractivity contribution < 1.29 is 4.74 Å². The van der Waals surface area contributed by atoms with Gasteiger partial charge < -0.3 is 4.74 Å². The van der Waals surface area contributed by atoms with E-state index >= 15 is 0 Å². The first-order valence-electron chi connectivity index (χ1n) is 5.00. The summed E-state index contributed by atoms with van der Waals surface area (Å²) in [4.78, 5) is 4.56. The van der Waals surface area contributed by atoms with Crippen molar-refractivity contribution in [1.29, 1.82) is 0 Å². The molecule has 0 amide bonds. The molecule has 0 N–H and O–H groups in total. The van der Waals surface area contributed by atoms with E-state index in [-0.39, 0.29) is 5.54 Å². The Hall–Kier alpha value is -0.530. The van der Waals surface area contributed by atoms with Crippen LogP contribution in [0, 0.1) is 5.41 Å². The van der Waals surface area contributed by atoms with Gasteiger partial charge in [-0.25, -0.2) is 4.99 Å². The minimum atomic E-state index is 0.0218. The molecular weight excluding hydrogens is 162 g/mol. The van der Waals surface area contributed by atoms with E-state index in [0.717, 1.165) is 25.3 Å². The van der Waals surface area contributed by atoms with Crippen LogP contribution in [0.25, 0.3) is 0 Å². The first-order valence-corrected chi connectivity index (χ1v) is 5.00. The summed E-state index contributed by atoms with van der Waals surface area (Å²) < 4.78 is 5.50. The van der Waals surface area contributed by atoms with Crippen molar-refractivity contribution in [3.8, 4) is 0 Å². The highest BCUT2D eigenvalue weighted by Gasteiger charge is 2.30. The van der Waals surface area contributed by atoms with Crippen molar-refractivity contribution in [2.24, 2.45) is 10.4 Å². The molecule has 2 heteroatoms. The SMILES string of the molecule is CC1=NC(C)(C)CC(C)(C)CCO1. The first kappa shape index (κ1) is 10.6. The Balaban J connectivity index is 2.82. The van der Waals surface area contributed by atoms with Crippen molar-refractivity contribution in [1.82, 2.24) is 0 Å². The highest BCUT2D eigenvalue weighted by atomic mass is 16.5. The zero-order chi connectivity index (χ0) is 10.1. The fourth-order valence-electron chi connectivity index (χ4n) is 2.23. The van der Waals surface area contributed by atoms with Gasteiger partial charge in [0.05, 0.1) is 12.1 Å². The molecule has 1 rings (SSSR count). The van der Waals surface area contributed by atoms with Crippen LogP contribution in [0.1, 0.15) is 47.5 Å². The van der Waals surface area contributed by atoms with Crippen molar-refractivity contribution in [3.05, 3.63) is 0 Å². The molecule has 13 heavy (non-hydrogen) atoms. The Labute approximate surface area is 81.4 Å². The average molecular weight is 183 g/mol. The molecule has 1 aliphatic rings. The van der Waals surface area contributed by atoms with E-state index in [1.807, 2.05) is 6.92 Å². The third-order valence-corrected chi connectivity index (χ3v) is 2.46. The molecular formula is C11H21NO. The molecule has 0 aliphatic carbocycles. The summed E-state index contributed by atoms with van der Waals surface area (Å²) in [5.41, 5.74) is 0.363. The molecule has 0 atom stereocenters. The van der Waals surface area contributed by atoms with E-state index in [1.165, 1.54) is 0 Å². The minimum Gasteiger partial charge on any atom is -0.481 e. The molecule has 0 unspecified atom stereocenters. The molecule has 0 saturated carbocycles. The zero-order valence-corrected chi connectivity index (χ0v) is 9.48. The number of hydrogen-bond donors (Lipinski definition) is 0. The summed E-state index contributed by atoms with van der Waals surface area (Å²) in [6.45, 7) is 11.7. The molecule has 76 valence electrons. The van der Waals surface area contributed by atoms with E-state index in [4.69, 9.17) is 4.74 Å². The maximum Gasteiger partial charge on any atom is 0.180 e. The number of ether oxygens (including phenoxy) is 1. The van der Waals surface area contributed by atoms with E-state index in [0.29, 0.717) is 5.41 Å². The largest absolute Gasteiger partial charge is 0.481 e. The van der Waals surface area contributed by atoms with Gasteiger partial charge in [0.25, 0.3) is 0 Å². The third kappa shape index (κ3) is 3.37. The summed E-state index contributed by atoms with van der Waals surface area (Å²) in [5, 5.41) is 0. The maximum atomic E-state index is 5.50. The molecule has 0 spiro atoms. The molecule has 1 aliphatic heterocycles. The molecule has 0 aromatic rings. The number of hydrogen-bond acceptors (Lipinski definition) is 2. The smallest absolute Gasteiger partial charge is 0.180 e. The van der Waals surface area contributed by atoms with Crippen molar-refractivity contribution in [2.45, 2.75) is 53.0 Å². The van der Waals surface area contributed by atoms with Gasteiger partial charge in [0.2, 0.25) is 0 Å². The molecule has 0 aromatic heterocycles. The Kier molecular flexibility index (Phi) is 2.69. The maximum absolute atomic E-state index is 5.50. The summed E-state index contributed by atoms with van der Waals surface area (Å²) >= 11 is 0. The molecule has 0 aromatic carbocycles. The van der Waals surface area contributed by atoms with E-state index in [1.54, 1.807) is 0 Å². The van der Waals surface area contributed by atoms with Crippen LogP contribution in [0.15, 0.2) is 4.99 Å². The normalized spacial score (nSPS) is 26.7. The van der Waals surface area contributed by atoms with Crippen LogP contribution in [0.5, 0.6) is 0 Å². The third-order valence-electron chi connectivity index (χ3n) is 2.46. The van der Waals surface area contributed by atoms with Gasteiger partial charge in [-0.15, -0.1) is 0 Å². The van der Waals surface area contributed by atoms with Gasteiger partial charge in [0, 0.05) is 6.92 Å². The summed E-state index contributed by atoms with van der Waals surface area (Å²) in [6, 6.07) is 0. The molecule has 0 bridgehead atoms. The molecule has 0 saturated heterocycles. The van der Waals surface area contributed by atoms with Crippen LogP contribution in [0.2, 0.25) is 0 Å². The van der Waals surface area contributed by atoms with Crippen LogP contribution in [0.3, 0.4) is 0 Å². The molecule has 2 nitrogen and oxygen atoms in total. The van der Waals surface area contributed by atoms with Crippen LogP contribution < -0.4 is 0 Å². The lowest BCUT2D eigenvalue weighted by molar-refractivity contribution is 0.163. The predicted octanol–water partition coefficient (Wildman–Crippen LogP) is 3.02. The zero-order valence-electron chi connectivity index (χ0n) is 9.48. The van der Waals surface area contributed by atoms with E-state index < -0.39 is 0 Å². The Morgan fingerprint density at radius 2 is 1.85 bits per heavy atom. The Morgan fingerprint density at radius 1 is 1.23 bits per heavy atom. The second-order valence-electron chi connectivity index (χ2n) is 5.38. The molecule has 1 heterocycles. The monoisotopic (exact) mass is 183 g/mol. The summed E-state index contributed by atoms with van der Waals surface area (Å²) in [5.74, 6) is 0.834. The highest BCUT2D eigenvalue weighted by Crippen LogP contribution is 2.34. The number of aliphatic imine (C=N–C) groups is 1. The van der Waals surface area contributed by atoms with Gasteiger partial charge in [-0.2, -0.15) is 0 Å². The number of rotatable bonds is 0.